The Kier molecular flexibility index (Phi) is 5.39. The molecule has 0 spiro atoms. The molecule has 28 heavy (non-hydrogen) atoms. The lowest BCUT2D eigenvalue weighted by Crippen LogP contribution is -2.36. The summed E-state index contributed by atoms with van der Waals surface area (Å²) in [6.45, 7) is 3.47. The van der Waals surface area contributed by atoms with Gasteiger partial charge in [-0.05, 0) is 50.3 Å². The van der Waals surface area contributed by atoms with Gasteiger partial charge in [-0.3, -0.25) is 9.69 Å². The van der Waals surface area contributed by atoms with E-state index in [0.29, 0.717) is 11.6 Å². The maximum atomic E-state index is 13.3. The van der Waals surface area contributed by atoms with Gasteiger partial charge in [0.25, 0.3) is 5.91 Å². The number of hydrogen-bond donors (Lipinski definition) is 0. The summed E-state index contributed by atoms with van der Waals surface area (Å²) >= 11 is 3.01. The van der Waals surface area contributed by atoms with Crippen LogP contribution in [0.15, 0.2) is 42.5 Å². The fourth-order valence-electron chi connectivity index (χ4n) is 2.96. The SMILES string of the molecule is CCc1ccc2nc(N(CCN(C)C)C(=O)c3nc4ccccc4s3)sc2c1. The minimum absolute atomic E-state index is 0.0854. The zero-order valence-electron chi connectivity index (χ0n) is 16.2. The summed E-state index contributed by atoms with van der Waals surface area (Å²) in [6.07, 6.45) is 0.984. The van der Waals surface area contributed by atoms with Gasteiger partial charge in [-0.25, -0.2) is 9.97 Å². The fourth-order valence-corrected chi connectivity index (χ4v) is 4.92. The Hall–Kier alpha value is -2.35. The third-order valence-corrected chi connectivity index (χ3v) is 6.64. The van der Waals surface area contributed by atoms with Crippen LogP contribution in [0.1, 0.15) is 22.3 Å². The van der Waals surface area contributed by atoms with Gasteiger partial charge < -0.3 is 4.90 Å². The molecule has 4 aromatic rings. The second kappa shape index (κ2) is 7.95. The molecule has 0 bridgehead atoms. The predicted molar refractivity (Wildman–Crippen MR) is 119 cm³/mol. The number of carbonyl (C=O) groups excluding carboxylic acids is 1. The van der Waals surface area contributed by atoms with Crippen molar-refractivity contribution in [3.05, 3.63) is 53.0 Å². The standard InChI is InChI=1S/C21H22N4OS2/c1-4-14-9-10-16-18(13-14)28-21(23-16)25(12-11-24(2)3)20(26)19-22-15-7-5-6-8-17(15)27-19/h5-10,13H,4,11-12H2,1-3H3. The maximum Gasteiger partial charge on any atom is 0.289 e. The average molecular weight is 411 g/mol. The Bertz CT molecular complexity index is 1100. The van der Waals surface area contributed by atoms with E-state index in [1.807, 2.05) is 44.4 Å². The number of aryl methyl sites for hydroxylation is 1. The summed E-state index contributed by atoms with van der Waals surface area (Å²) in [6, 6.07) is 14.2. The Labute approximate surface area is 172 Å². The molecule has 0 aliphatic heterocycles. The monoisotopic (exact) mass is 410 g/mol. The van der Waals surface area contributed by atoms with Gasteiger partial charge in [-0.15, -0.1) is 11.3 Å². The number of aromatic nitrogens is 2. The quantitative estimate of drug-likeness (QED) is 0.463. The molecule has 4 rings (SSSR count). The first-order chi connectivity index (χ1) is 13.5. The van der Waals surface area contributed by atoms with Crippen molar-refractivity contribution in [2.24, 2.45) is 0 Å². The Morgan fingerprint density at radius 3 is 2.50 bits per heavy atom. The summed E-state index contributed by atoms with van der Waals surface area (Å²) in [5, 5.41) is 1.24. The first-order valence-corrected chi connectivity index (χ1v) is 10.9. The van der Waals surface area contributed by atoms with E-state index < -0.39 is 0 Å². The van der Waals surface area contributed by atoms with Gasteiger partial charge in [0.1, 0.15) is 0 Å². The van der Waals surface area contributed by atoms with Gasteiger partial charge in [-0.2, -0.15) is 0 Å². The largest absolute Gasteiger partial charge is 0.308 e. The number of likely N-dealkylation sites (N-methyl/N-ethyl adjacent to an activating group) is 1. The Balaban J connectivity index is 1.72. The molecule has 0 fully saturated rings. The van der Waals surface area contributed by atoms with Crippen LogP contribution in [0.2, 0.25) is 0 Å². The second-order valence-corrected chi connectivity index (χ2v) is 8.94. The molecule has 0 saturated heterocycles. The van der Waals surface area contributed by atoms with Crippen LogP contribution >= 0.6 is 22.7 Å². The highest BCUT2D eigenvalue weighted by Gasteiger charge is 2.24. The molecule has 2 aromatic carbocycles. The highest BCUT2D eigenvalue weighted by atomic mass is 32.1. The molecule has 0 radical (unpaired) electrons. The molecule has 0 atom stereocenters. The predicted octanol–water partition coefficient (Wildman–Crippen LogP) is 4.68. The van der Waals surface area contributed by atoms with Crippen LogP contribution in [0.5, 0.6) is 0 Å². The number of fused-ring (bicyclic) bond motifs is 2. The number of anilines is 1. The van der Waals surface area contributed by atoms with E-state index in [0.717, 1.165) is 38.5 Å². The molecule has 5 nitrogen and oxygen atoms in total. The van der Waals surface area contributed by atoms with Crippen molar-refractivity contribution >= 4 is 54.1 Å². The maximum absolute atomic E-state index is 13.3. The Morgan fingerprint density at radius 2 is 1.75 bits per heavy atom. The van der Waals surface area contributed by atoms with E-state index in [4.69, 9.17) is 4.98 Å². The van der Waals surface area contributed by atoms with Gasteiger partial charge in [0.2, 0.25) is 0 Å². The molecule has 2 aromatic heterocycles. The fraction of sp³-hybridized carbons (Fsp3) is 0.286. The van der Waals surface area contributed by atoms with Crippen LogP contribution in [0.25, 0.3) is 20.4 Å². The van der Waals surface area contributed by atoms with Crippen molar-refractivity contribution in [1.82, 2.24) is 14.9 Å². The van der Waals surface area contributed by atoms with Crippen LogP contribution in [0, 0.1) is 0 Å². The van der Waals surface area contributed by atoms with Crippen LogP contribution in [-0.4, -0.2) is 48.0 Å². The van der Waals surface area contributed by atoms with Gasteiger partial charge in [0.05, 0.1) is 20.4 Å². The van der Waals surface area contributed by atoms with Gasteiger partial charge in [-0.1, -0.05) is 36.5 Å². The molecule has 144 valence electrons. The van der Waals surface area contributed by atoms with Gasteiger partial charge >= 0.3 is 0 Å². The topological polar surface area (TPSA) is 49.3 Å². The molecular formula is C21H22N4OS2. The van der Waals surface area contributed by atoms with E-state index in [9.17, 15) is 4.79 Å². The zero-order valence-corrected chi connectivity index (χ0v) is 17.8. The van der Waals surface area contributed by atoms with Crippen molar-refractivity contribution < 1.29 is 4.79 Å². The lowest BCUT2D eigenvalue weighted by molar-refractivity contribution is 0.0985. The summed E-state index contributed by atoms with van der Waals surface area (Å²) < 4.78 is 2.14. The zero-order chi connectivity index (χ0) is 19.7. The molecule has 1 amide bonds. The summed E-state index contributed by atoms with van der Waals surface area (Å²) in [5.41, 5.74) is 3.07. The molecule has 2 heterocycles. The highest BCUT2D eigenvalue weighted by Crippen LogP contribution is 2.31. The summed E-state index contributed by atoms with van der Waals surface area (Å²) in [5.74, 6) is -0.0854. The van der Waals surface area contributed by atoms with Crippen LogP contribution in [-0.2, 0) is 6.42 Å². The minimum atomic E-state index is -0.0854. The number of hydrogen-bond acceptors (Lipinski definition) is 6. The first kappa shape index (κ1) is 19.0. The molecule has 0 N–H and O–H groups in total. The molecular weight excluding hydrogens is 388 g/mol. The third kappa shape index (κ3) is 3.78. The number of nitrogens with zero attached hydrogens (tertiary/aromatic N) is 4. The number of benzene rings is 2. The van der Waals surface area contributed by atoms with Gasteiger partial charge in [0.15, 0.2) is 10.1 Å². The van der Waals surface area contributed by atoms with Gasteiger partial charge in [0, 0.05) is 13.1 Å². The normalized spacial score (nSPS) is 11.6. The molecule has 0 unspecified atom stereocenters. The second-order valence-electron chi connectivity index (χ2n) is 6.90. The van der Waals surface area contributed by atoms with Crippen molar-refractivity contribution in [1.29, 1.82) is 0 Å². The van der Waals surface area contributed by atoms with Crippen LogP contribution in [0.4, 0.5) is 5.13 Å². The van der Waals surface area contributed by atoms with Crippen LogP contribution in [0.3, 0.4) is 0 Å². The van der Waals surface area contributed by atoms with E-state index in [2.05, 4.69) is 28.9 Å². The number of amides is 1. The van der Waals surface area contributed by atoms with E-state index in [1.54, 1.807) is 16.2 Å². The van der Waals surface area contributed by atoms with E-state index >= 15 is 0 Å². The van der Waals surface area contributed by atoms with Crippen molar-refractivity contribution in [2.75, 3.05) is 32.1 Å². The number of thiazole rings is 2. The highest BCUT2D eigenvalue weighted by molar-refractivity contribution is 7.23. The third-order valence-electron chi connectivity index (χ3n) is 4.57. The summed E-state index contributed by atoms with van der Waals surface area (Å²) in [4.78, 5) is 26.5. The molecule has 7 heteroatoms. The van der Waals surface area contributed by atoms with E-state index in [1.165, 1.54) is 16.9 Å². The summed E-state index contributed by atoms with van der Waals surface area (Å²) in [7, 11) is 4.01. The lowest BCUT2D eigenvalue weighted by Gasteiger charge is -2.20. The number of rotatable bonds is 6. The van der Waals surface area contributed by atoms with E-state index in [-0.39, 0.29) is 5.91 Å². The van der Waals surface area contributed by atoms with Crippen molar-refractivity contribution in [3.8, 4) is 0 Å². The van der Waals surface area contributed by atoms with Crippen molar-refractivity contribution in [3.63, 3.8) is 0 Å². The number of para-hydroxylation sites is 1. The van der Waals surface area contributed by atoms with Crippen molar-refractivity contribution in [2.45, 2.75) is 13.3 Å². The number of carbonyl (C=O) groups is 1. The molecule has 0 aliphatic carbocycles. The van der Waals surface area contributed by atoms with Crippen LogP contribution < -0.4 is 4.90 Å². The Morgan fingerprint density at radius 1 is 0.964 bits per heavy atom. The molecule has 0 saturated carbocycles. The molecule has 0 aliphatic rings. The first-order valence-electron chi connectivity index (χ1n) is 9.27. The average Bonchev–Trinajstić information content (AvgIpc) is 3.31. The minimum Gasteiger partial charge on any atom is -0.308 e. The lowest BCUT2D eigenvalue weighted by atomic mass is 10.2. The smallest absolute Gasteiger partial charge is 0.289 e.